The van der Waals surface area contributed by atoms with E-state index in [4.69, 9.17) is 9.84 Å². The largest absolute Gasteiger partial charge is 1.00 e. The molecule has 2 unspecified atom stereocenters. The van der Waals surface area contributed by atoms with E-state index in [1.54, 1.807) is 7.11 Å². The first kappa shape index (κ1) is 20.6. The fourth-order valence-corrected chi connectivity index (χ4v) is 4.00. The molecule has 0 aliphatic heterocycles. The van der Waals surface area contributed by atoms with Crippen LogP contribution in [0.25, 0.3) is 0 Å². The van der Waals surface area contributed by atoms with Gasteiger partial charge in [-0.15, -0.1) is 0 Å². The van der Waals surface area contributed by atoms with Crippen LogP contribution in [-0.4, -0.2) is 43.2 Å². The summed E-state index contributed by atoms with van der Waals surface area (Å²) in [4.78, 5) is 12.9. The molecule has 2 atom stereocenters. The number of methoxy groups -OCH3 is 1. The maximum absolute atomic E-state index is 11.0. The van der Waals surface area contributed by atoms with E-state index in [-0.39, 0.29) is 32.7 Å². The van der Waals surface area contributed by atoms with Gasteiger partial charge in [0.15, 0.2) is 0 Å². The second kappa shape index (κ2) is 9.28. The van der Waals surface area contributed by atoms with Crippen molar-refractivity contribution in [1.82, 2.24) is 4.90 Å². The van der Waals surface area contributed by atoms with Gasteiger partial charge in [-0.3, -0.25) is 9.69 Å². The van der Waals surface area contributed by atoms with E-state index in [0.29, 0.717) is 5.92 Å². The van der Waals surface area contributed by atoms with Crippen LogP contribution in [0.2, 0.25) is 0 Å². The molecule has 3 rings (SSSR count). The molecule has 1 aliphatic rings. The van der Waals surface area contributed by atoms with Gasteiger partial charge >= 0.3 is 24.8 Å². The van der Waals surface area contributed by atoms with E-state index >= 15 is 0 Å². The van der Waals surface area contributed by atoms with Crippen LogP contribution >= 0.6 is 0 Å². The number of ether oxygens (including phenoxy) is 1. The number of aliphatic carboxylic acids is 1. The van der Waals surface area contributed by atoms with Crippen LogP contribution < -0.4 is 23.6 Å². The molecule has 134 valence electrons. The minimum Gasteiger partial charge on any atom is -1.00 e. The fraction of sp³-hybridized carbons (Fsp3) is 0.381. The Labute approximate surface area is 168 Å². The van der Waals surface area contributed by atoms with Gasteiger partial charge in [0, 0.05) is 12.5 Å². The Kier molecular flexibility index (Phi) is 7.34. The van der Waals surface area contributed by atoms with E-state index in [1.807, 2.05) is 24.1 Å². The summed E-state index contributed by atoms with van der Waals surface area (Å²) in [6, 6.07) is 16.9. The molecule has 4 nitrogen and oxygen atoms in total. The number of rotatable bonds is 6. The van der Waals surface area contributed by atoms with Crippen LogP contribution in [-0.2, 0) is 11.2 Å². The number of carboxylic acid groups (broad SMARTS) is 1. The molecule has 0 heterocycles. The van der Waals surface area contributed by atoms with Crippen LogP contribution in [0, 0.1) is 5.92 Å². The first-order chi connectivity index (χ1) is 12.1. The third-order valence-electron chi connectivity index (χ3n) is 5.05. The maximum atomic E-state index is 11.0. The van der Waals surface area contributed by atoms with Gasteiger partial charge in [-0.1, -0.05) is 36.4 Å². The summed E-state index contributed by atoms with van der Waals surface area (Å²) in [5, 5.41) is 9.06. The van der Waals surface area contributed by atoms with Crippen molar-refractivity contribution in [2.24, 2.45) is 5.92 Å². The number of carbonyl (C=O) groups is 1. The molecule has 1 N–H and O–H groups in total. The zero-order valence-corrected chi connectivity index (χ0v) is 15.8. The molecular formula is C21H26LiNO3. The van der Waals surface area contributed by atoms with Crippen LogP contribution in [0.15, 0.2) is 48.5 Å². The first-order valence-electron chi connectivity index (χ1n) is 8.70. The zero-order valence-electron chi connectivity index (χ0n) is 16.8. The normalized spacial score (nSPS) is 18.7. The molecule has 0 bridgehead atoms. The SMILES string of the molecule is COc1ccc2c(c1)CCC(CN(C)CC(=O)O)C2c1ccccc1.[H-].[Li+]. The summed E-state index contributed by atoms with van der Waals surface area (Å²) in [5.41, 5.74) is 3.97. The minimum absolute atomic E-state index is 0. The van der Waals surface area contributed by atoms with Gasteiger partial charge in [0.05, 0.1) is 13.7 Å². The molecule has 26 heavy (non-hydrogen) atoms. The quantitative estimate of drug-likeness (QED) is 0.775. The monoisotopic (exact) mass is 347 g/mol. The van der Waals surface area contributed by atoms with Gasteiger partial charge in [-0.05, 0) is 54.6 Å². The average molecular weight is 347 g/mol. The van der Waals surface area contributed by atoms with Crippen molar-refractivity contribution in [2.45, 2.75) is 18.8 Å². The molecule has 0 saturated heterocycles. The van der Waals surface area contributed by atoms with Crippen molar-refractivity contribution in [2.75, 3.05) is 27.2 Å². The first-order valence-corrected chi connectivity index (χ1v) is 8.70. The number of likely N-dealkylation sites (N-methyl/N-ethyl adjacent to an activating group) is 1. The van der Waals surface area contributed by atoms with Crippen LogP contribution in [0.4, 0.5) is 0 Å². The molecule has 0 spiro atoms. The standard InChI is InChI=1S/C21H25NO3.Li.H/c1-22(14-20(23)24)13-17-9-8-16-12-18(25-2)10-11-19(16)21(17)15-6-4-3-5-7-15;;/h3-7,10-12,17,21H,8-9,13-14H2,1-2H3,(H,23,24);;/q;+1;-1. The van der Waals surface area contributed by atoms with E-state index in [0.717, 1.165) is 25.1 Å². The van der Waals surface area contributed by atoms with E-state index in [1.165, 1.54) is 16.7 Å². The Morgan fingerprint density at radius 1 is 1.27 bits per heavy atom. The smallest absolute Gasteiger partial charge is 1.00 e. The van der Waals surface area contributed by atoms with Crippen molar-refractivity contribution in [3.05, 3.63) is 65.2 Å². The number of hydrogen-bond acceptors (Lipinski definition) is 3. The molecule has 5 heteroatoms. The third-order valence-corrected chi connectivity index (χ3v) is 5.05. The van der Waals surface area contributed by atoms with Gasteiger partial charge in [0.25, 0.3) is 0 Å². The Hall–Kier alpha value is -1.73. The summed E-state index contributed by atoms with van der Waals surface area (Å²) in [6.07, 6.45) is 2.05. The molecule has 2 aromatic carbocycles. The van der Waals surface area contributed by atoms with Crippen molar-refractivity contribution >= 4 is 5.97 Å². The Morgan fingerprint density at radius 2 is 2.00 bits per heavy atom. The predicted octanol–water partition coefficient (Wildman–Crippen LogP) is 0.522. The Balaban J connectivity index is 0.00000182. The molecule has 0 amide bonds. The van der Waals surface area contributed by atoms with E-state index in [2.05, 4.69) is 36.4 Å². The van der Waals surface area contributed by atoms with Crippen LogP contribution in [0.3, 0.4) is 0 Å². The Bertz CT molecular complexity index is 741. The third kappa shape index (κ3) is 4.70. The molecule has 0 aromatic heterocycles. The number of carboxylic acids is 1. The summed E-state index contributed by atoms with van der Waals surface area (Å²) in [5.74, 6) is 0.798. The van der Waals surface area contributed by atoms with Crippen molar-refractivity contribution in [1.29, 1.82) is 0 Å². The predicted molar refractivity (Wildman–Crippen MR) is 99.3 cm³/mol. The van der Waals surface area contributed by atoms with Crippen molar-refractivity contribution in [3.8, 4) is 5.75 Å². The zero-order chi connectivity index (χ0) is 17.8. The molecular weight excluding hydrogens is 321 g/mol. The summed E-state index contributed by atoms with van der Waals surface area (Å²) >= 11 is 0. The minimum atomic E-state index is -0.778. The summed E-state index contributed by atoms with van der Waals surface area (Å²) in [6.45, 7) is 0.852. The average Bonchev–Trinajstić information content (AvgIpc) is 2.61. The molecule has 1 aliphatic carbocycles. The van der Waals surface area contributed by atoms with Gasteiger partial charge < -0.3 is 11.3 Å². The fourth-order valence-electron chi connectivity index (χ4n) is 4.00. The Morgan fingerprint density at radius 3 is 2.65 bits per heavy atom. The molecule has 0 fully saturated rings. The molecule has 0 saturated carbocycles. The van der Waals surface area contributed by atoms with E-state index in [9.17, 15) is 4.79 Å². The number of fused-ring (bicyclic) bond motifs is 1. The van der Waals surface area contributed by atoms with E-state index < -0.39 is 5.97 Å². The number of aryl methyl sites for hydroxylation is 1. The van der Waals surface area contributed by atoms with Crippen molar-refractivity contribution < 1.29 is 34.9 Å². The van der Waals surface area contributed by atoms with Gasteiger partial charge in [-0.2, -0.15) is 0 Å². The summed E-state index contributed by atoms with van der Waals surface area (Å²) < 4.78 is 5.38. The number of hydrogen-bond donors (Lipinski definition) is 1. The maximum Gasteiger partial charge on any atom is 1.00 e. The molecule has 0 radical (unpaired) electrons. The second-order valence-electron chi connectivity index (χ2n) is 6.84. The second-order valence-corrected chi connectivity index (χ2v) is 6.84. The topological polar surface area (TPSA) is 49.8 Å². The van der Waals surface area contributed by atoms with Crippen LogP contribution in [0.1, 0.15) is 30.5 Å². The van der Waals surface area contributed by atoms with Crippen LogP contribution in [0.5, 0.6) is 5.75 Å². The summed E-state index contributed by atoms with van der Waals surface area (Å²) in [7, 11) is 3.59. The van der Waals surface area contributed by atoms with Gasteiger partial charge in [-0.25, -0.2) is 0 Å². The molecule has 2 aromatic rings. The van der Waals surface area contributed by atoms with Gasteiger partial charge in [0.2, 0.25) is 0 Å². The van der Waals surface area contributed by atoms with Gasteiger partial charge in [0.1, 0.15) is 5.75 Å². The number of benzene rings is 2. The number of nitrogens with zero attached hydrogens (tertiary/aromatic N) is 1. The van der Waals surface area contributed by atoms with Crippen molar-refractivity contribution in [3.63, 3.8) is 0 Å².